The molecule has 2 aromatic rings. The van der Waals surface area contributed by atoms with Crippen LogP contribution in [0.2, 0.25) is 5.02 Å². The van der Waals surface area contributed by atoms with Crippen LogP contribution in [0, 0.1) is 5.82 Å². The molecule has 0 radical (unpaired) electrons. The summed E-state index contributed by atoms with van der Waals surface area (Å²) in [7, 11) is 0. The Bertz CT molecular complexity index is 1180. The number of hydrogen-bond acceptors (Lipinski definition) is 5. The van der Waals surface area contributed by atoms with Crippen molar-refractivity contribution in [3.8, 4) is 11.5 Å². The standard InChI is InChI=1S/C27H29ClF2N2O4/c1-17(6-9-22(29)26(33)34)31-12-15-32-13-10-18(11-14-32)20-4-3-5-24-25(20)36-27(2,35-24)21-8-7-19(28)16-23(21)30/h3-8,12,16,18,22H,9-11,13-15H2,1-2H3,(H,33,34)/b17-6+,31-12?/t22?,27-/m0/s1. The SMILES string of the molecule is C/C(=C\CC(F)C(=O)O)N=CCN1CCC(c2cccc3c2O[C@@](C)(c2ccc(Cl)cc2F)O3)CC1. The first-order valence-electron chi connectivity index (χ1n) is 11.9. The molecule has 0 bridgehead atoms. The summed E-state index contributed by atoms with van der Waals surface area (Å²) in [5, 5.41) is 8.92. The molecule has 0 spiro atoms. The van der Waals surface area contributed by atoms with Crippen molar-refractivity contribution in [1.29, 1.82) is 0 Å². The second-order valence-electron chi connectivity index (χ2n) is 9.22. The van der Waals surface area contributed by atoms with E-state index in [9.17, 15) is 13.6 Å². The summed E-state index contributed by atoms with van der Waals surface area (Å²) < 4.78 is 40.1. The molecule has 0 amide bonds. The number of para-hydroxylation sites is 1. The van der Waals surface area contributed by atoms with Crippen LogP contribution in [0.25, 0.3) is 0 Å². The Morgan fingerprint density at radius 3 is 2.75 bits per heavy atom. The Morgan fingerprint density at radius 2 is 2.06 bits per heavy atom. The average molecular weight is 519 g/mol. The summed E-state index contributed by atoms with van der Waals surface area (Å²) in [5.41, 5.74) is 1.93. The van der Waals surface area contributed by atoms with Crippen molar-refractivity contribution in [2.75, 3.05) is 19.6 Å². The maximum Gasteiger partial charge on any atom is 0.338 e. The number of ether oxygens (including phenoxy) is 2. The van der Waals surface area contributed by atoms with Crippen LogP contribution >= 0.6 is 11.6 Å². The minimum absolute atomic E-state index is 0.194. The van der Waals surface area contributed by atoms with Gasteiger partial charge in [-0.1, -0.05) is 29.8 Å². The number of halogens is 3. The number of fused-ring (bicyclic) bond motifs is 1. The summed E-state index contributed by atoms with van der Waals surface area (Å²) in [6, 6.07) is 10.3. The minimum atomic E-state index is -1.91. The third-order valence-corrected chi connectivity index (χ3v) is 6.82. The van der Waals surface area contributed by atoms with Gasteiger partial charge in [0.15, 0.2) is 11.5 Å². The monoisotopic (exact) mass is 518 g/mol. The van der Waals surface area contributed by atoms with Crippen LogP contribution in [0.15, 0.2) is 53.2 Å². The Labute approximate surface area is 214 Å². The van der Waals surface area contributed by atoms with E-state index in [0.717, 1.165) is 31.5 Å². The zero-order valence-electron chi connectivity index (χ0n) is 20.2. The van der Waals surface area contributed by atoms with Crippen molar-refractivity contribution in [2.24, 2.45) is 4.99 Å². The molecule has 4 rings (SSSR count). The molecule has 6 nitrogen and oxygen atoms in total. The number of piperidine rings is 1. The predicted molar refractivity (Wildman–Crippen MR) is 134 cm³/mol. The van der Waals surface area contributed by atoms with Gasteiger partial charge in [-0.3, -0.25) is 9.89 Å². The van der Waals surface area contributed by atoms with E-state index in [0.29, 0.717) is 28.8 Å². The molecule has 1 fully saturated rings. The number of carboxylic acid groups (broad SMARTS) is 1. The van der Waals surface area contributed by atoms with Crippen molar-refractivity contribution in [2.45, 2.75) is 51.0 Å². The van der Waals surface area contributed by atoms with Gasteiger partial charge in [0, 0.05) is 42.4 Å². The van der Waals surface area contributed by atoms with Crippen molar-refractivity contribution >= 4 is 23.8 Å². The molecule has 36 heavy (non-hydrogen) atoms. The first-order valence-corrected chi connectivity index (χ1v) is 12.3. The summed E-state index contributed by atoms with van der Waals surface area (Å²) in [5.74, 6) is -1.70. The van der Waals surface area contributed by atoms with Gasteiger partial charge in [0.2, 0.25) is 6.17 Å². The number of carboxylic acids is 1. The van der Waals surface area contributed by atoms with E-state index in [1.165, 1.54) is 12.1 Å². The number of aliphatic carboxylic acids is 1. The lowest BCUT2D eigenvalue weighted by molar-refractivity contribution is -0.142. The first kappa shape index (κ1) is 26.1. The molecule has 1 unspecified atom stereocenters. The number of likely N-dealkylation sites (tertiary alicyclic amines) is 1. The molecule has 0 aromatic heterocycles. The number of aliphatic imine (C=N–C) groups is 1. The van der Waals surface area contributed by atoms with E-state index in [-0.39, 0.29) is 17.9 Å². The van der Waals surface area contributed by atoms with Crippen LogP contribution in [0.5, 0.6) is 11.5 Å². The summed E-state index contributed by atoms with van der Waals surface area (Å²) in [4.78, 5) is 17.1. The van der Waals surface area contributed by atoms with Gasteiger partial charge >= 0.3 is 5.97 Å². The van der Waals surface area contributed by atoms with E-state index in [4.69, 9.17) is 26.2 Å². The molecular formula is C27H29ClF2N2O4. The number of alkyl halides is 1. The van der Waals surface area contributed by atoms with E-state index < -0.39 is 23.7 Å². The molecule has 9 heteroatoms. The van der Waals surface area contributed by atoms with Gasteiger partial charge in [0.1, 0.15) is 5.82 Å². The van der Waals surface area contributed by atoms with Crippen molar-refractivity contribution in [3.63, 3.8) is 0 Å². The van der Waals surface area contributed by atoms with E-state index >= 15 is 0 Å². The quantitative estimate of drug-likeness (QED) is 0.428. The fourth-order valence-corrected chi connectivity index (χ4v) is 4.75. The van der Waals surface area contributed by atoms with Gasteiger partial charge in [0.25, 0.3) is 5.79 Å². The fraction of sp³-hybridized carbons (Fsp3) is 0.407. The Kier molecular flexibility index (Phi) is 7.95. The second kappa shape index (κ2) is 11.0. The Morgan fingerprint density at radius 1 is 1.31 bits per heavy atom. The van der Waals surface area contributed by atoms with Gasteiger partial charge in [-0.15, -0.1) is 0 Å². The van der Waals surface area contributed by atoms with Crippen LogP contribution in [-0.4, -0.2) is 48.0 Å². The first-order chi connectivity index (χ1) is 17.2. The lowest BCUT2D eigenvalue weighted by Crippen LogP contribution is -2.34. The molecule has 2 aromatic carbocycles. The number of allylic oxidation sites excluding steroid dienone is 2. The molecule has 2 aliphatic rings. The van der Waals surface area contributed by atoms with E-state index in [2.05, 4.69) is 9.89 Å². The third kappa shape index (κ3) is 5.87. The lowest BCUT2D eigenvalue weighted by atomic mass is 9.88. The zero-order chi connectivity index (χ0) is 25.9. The summed E-state index contributed by atoms with van der Waals surface area (Å²) in [6.45, 7) is 5.80. The highest BCUT2D eigenvalue weighted by Gasteiger charge is 2.42. The normalized spacial score (nSPS) is 21.8. The Balaban J connectivity index is 1.36. The highest BCUT2D eigenvalue weighted by Crippen LogP contribution is 2.49. The third-order valence-electron chi connectivity index (χ3n) is 6.58. The maximum absolute atomic E-state index is 14.6. The van der Waals surface area contributed by atoms with E-state index in [1.54, 1.807) is 32.2 Å². The number of benzene rings is 2. The number of rotatable bonds is 8. The topological polar surface area (TPSA) is 71.4 Å². The van der Waals surface area contributed by atoms with Crippen LogP contribution < -0.4 is 9.47 Å². The number of hydrogen-bond donors (Lipinski definition) is 1. The lowest BCUT2D eigenvalue weighted by Gasteiger charge is -2.31. The molecule has 1 N–H and O–H groups in total. The van der Waals surface area contributed by atoms with Crippen molar-refractivity contribution in [1.82, 2.24) is 4.90 Å². The minimum Gasteiger partial charge on any atom is -0.479 e. The molecule has 2 heterocycles. The summed E-state index contributed by atoms with van der Waals surface area (Å²) in [6.07, 6.45) is 2.98. The highest BCUT2D eigenvalue weighted by atomic mass is 35.5. The van der Waals surface area contributed by atoms with Crippen LogP contribution in [0.1, 0.15) is 50.2 Å². The molecular weight excluding hydrogens is 490 g/mol. The van der Waals surface area contributed by atoms with Gasteiger partial charge < -0.3 is 14.6 Å². The molecule has 2 atom stereocenters. The van der Waals surface area contributed by atoms with Crippen LogP contribution in [0.3, 0.4) is 0 Å². The van der Waals surface area contributed by atoms with Crippen molar-refractivity contribution < 1.29 is 28.2 Å². The van der Waals surface area contributed by atoms with Gasteiger partial charge in [-0.05, 0) is 63.0 Å². The molecule has 0 saturated carbocycles. The Hall–Kier alpha value is -2.97. The largest absolute Gasteiger partial charge is 0.479 e. The van der Waals surface area contributed by atoms with Crippen molar-refractivity contribution in [3.05, 3.63) is 70.1 Å². The highest BCUT2D eigenvalue weighted by molar-refractivity contribution is 6.30. The smallest absolute Gasteiger partial charge is 0.338 e. The number of nitrogens with zero attached hydrogens (tertiary/aromatic N) is 2. The summed E-state index contributed by atoms with van der Waals surface area (Å²) >= 11 is 5.91. The van der Waals surface area contributed by atoms with Gasteiger partial charge in [0.05, 0.1) is 5.56 Å². The molecule has 192 valence electrons. The average Bonchev–Trinajstić information content (AvgIpc) is 3.19. The second-order valence-corrected chi connectivity index (χ2v) is 9.66. The maximum atomic E-state index is 14.6. The van der Waals surface area contributed by atoms with Gasteiger partial charge in [-0.25, -0.2) is 13.6 Å². The van der Waals surface area contributed by atoms with Crippen LogP contribution in [0.4, 0.5) is 8.78 Å². The number of carbonyl (C=O) groups is 1. The molecule has 1 saturated heterocycles. The fourth-order valence-electron chi connectivity index (χ4n) is 4.59. The zero-order valence-corrected chi connectivity index (χ0v) is 21.0. The van der Waals surface area contributed by atoms with Gasteiger partial charge in [-0.2, -0.15) is 0 Å². The predicted octanol–water partition coefficient (Wildman–Crippen LogP) is 6.09. The van der Waals surface area contributed by atoms with Crippen LogP contribution in [-0.2, 0) is 10.6 Å². The molecule has 2 aliphatic heterocycles. The molecule has 0 aliphatic carbocycles. The van der Waals surface area contributed by atoms with E-state index in [1.807, 2.05) is 18.2 Å².